The van der Waals surface area contributed by atoms with Crippen LogP contribution < -0.4 is 5.73 Å². The lowest BCUT2D eigenvalue weighted by Crippen LogP contribution is -2.45. The summed E-state index contributed by atoms with van der Waals surface area (Å²) in [6, 6.07) is 1.12. The summed E-state index contributed by atoms with van der Waals surface area (Å²) in [5, 5.41) is 0. The highest BCUT2D eigenvalue weighted by Gasteiger charge is 2.22. The van der Waals surface area contributed by atoms with Crippen LogP contribution in [0.4, 0.5) is 0 Å². The van der Waals surface area contributed by atoms with Crippen molar-refractivity contribution >= 4 is 5.96 Å². The Morgan fingerprint density at radius 1 is 1.06 bits per heavy atom. The number of guanidine groups is 1. The summed E-state index contributed by atoms with van der Waals surface area (Å²) >= 11 is 0. The molecule has 2 N–H and O–H groups in total. The fourth-order valence-electron chi connectivity index (χ4n) is 3.37. The van der Waals surface area contributed by atoms with Crippen molar-refractivity contribution in [1.82, 2.24) is 4.90 Å². The third kappa shape index (κ3) is 3.63. The Hall–Kier alpha value is -0.730. The van der Waals surface area contributed by atoms with Crippen LogP contribution in [-0.2, 0) is 0 Å². The highest BCUT2D eigenvalue weighted by atomic mass is 15.3. The quantitative estimate of drug-likeness (QED) is 0.604. The van der Waals surface area contributed by atoms with Gasteiger partial charge in [-0.2, -0.15) is 0 Å². The fourth-order valence-corrected chi connectivity index (χ4v) is 3.37. The van der Waals surface area contributed by atoms with E-state index in [1.54, 1.807) is 0 Å². The van der Waals surface area contributed by atoms with E-state index >= 15 is 0 Å². The van der Waals surface area contributed by atoms with Gasteiger partial charge in [0.15, 0.2) is 5.96 Å². The van der Waals surface area contributed by atoms with E-state index in [2.05, 4.69) is 11.8 Å². The monoisotopic (exact) mass is 251 g/mol. The molecule has 0 spiro atoms. The SMILES string of the molecule is CCC1CCCCCN1C(N)=NC1CCCCC1. The Bertz CT molecular complexity index is 269. The molecule has 2 fully saturated rings. The fraction of sp³-hybridized carbons (Fsp3) is 0.933. The van der Waals surface area contributed by atoms with Gasteiger partial charge in [-0.05, 0) is 32.1 Å². The van der Waals surface area contributed by atoms with E-state index in [-0.39, 0.29) is 0 Å². The van der Waals surface area contributed by atoms with Crippen LogP contribution in [-0.4, -0.2) is 29.5 Å². The van der Waals surface area contributed by atoms with Gasteiger partial charge in [0.25, 0.3) is 0 Å². The zero-order valence-corrected chi connectivity index (χ0v) is 11.9. The van der Waals surface area contributed by atoms with Crippen LogP contribution in [0.25, 0.3) is 0 Å². The third-order valence-corrected chi connectivity index (χ3v) is 4.53. The molecule has 0 radical (unpaired) electrons. The number of nitrogens with two attached hydrogens (primary N) is 1. The molecule has 1 saturated heterocycles. The lowest BCUT2D eigenvalue weighted by atomic mass is 9.96. The topological polar surface area (TPSA) is 41.6 Å². The van der Waals surface area contributed by atoms with Crippen molar-refractivity contribution in [2.75, 3.05) is 6.54 Å². The minimum atomic E-state index is 0.500. The molecule has 3 nitrogen and oxygen atoms in total. The Morgan fingerprint density at radius 2 is 1.72 bits per heavy atom. The summed E-state index contributed by atoms with van der Waals surface area (Å²) in [6.07, 6.45) is 13.0. The summed E-state index contributed by atoms with van der Waals surface area (Å²) in [5.74, 6) is 0.829. The van der Waals surface area contributed by atoms with Gasteiger partial charge in [0, 0.05) is 12.6 Å². The summed E-state index contributed by atoms with van der Waals surface area (Å²) in [6.45, 7) is 3.39. The van der Waals surface area contributed by atoms with Crippen molar-refractivity contribution in [1.29, 1.82) is 0 Å². The zero-order chi connectivity index (χ0) is 12.8. The van der Waals surface area contributed by atoms with E-state index in [1.165, 1.54) is 64.2 Å². The van der Waals surface area contributed by atoms with Crippen LogP contribution in [0.1, 0.15) is 71.1 Å². The summed E-state index contributed by atoms with van der Waals surface area (Å²) in [4.78, 5) is 7.21. The van der Waals surface area contributed by atoms with Gasteiger partial charge in [0.1, 0.15) is 0 Å². The Balaban J connectivity index is 1.99. The summed E-state index contributed by atoms with van der Waals surface area (Å²) in [7, 11) is 0. The average Bonchev–Trinajstić information content (AvgIpc) is 2.64. The molecule has 2 rings (SSSR count). The zero-order valence-electron chi connectivity index (χ0n) is 11.9. The Kier molecular flexibility index (Phi) is 5.33. The van der Waals surface area contributed by atoms with Crippen molar-refractivity contribution in [3.63, 3.8) is 0 Å². The minimum absolute atomic E-state index is 0.500. The molecule has 18 heavy (non-hydrogen) atoms. The van der Waals surface area contributed by atoms with Gasteiger partial charge in [-0.25, -0.2) is 4.99 Å². The lowest BCUT2D eigenvalue weighted by molar-refractivity contribution is 0.300. The third-order valence-electron chi connectivity index (χ3n) is 4.53. The highest BCUT2D eigenvalue weighted by molar-refractivity contribution is 5.78. The van der Waals surface area contributed by atoms with Gasteiger partial charge < -0.3 is 10.6 Å². The van der Waals surface area contributed by atoms with Crippen molar-refractivity contribution in [2.24, 2.45) is 10.7 Å². The molecule has 1 unspecified atom stereocenters. The molecular formula is C15H29N3. The predicted molar refractivity (Wildman–Crippen MR) is 77.7 cm³/mol. The van der Waals surface area contributed by atoms with Crippen LogP contribution in [0.3, 0.4) is 0 Å². The second-order valence-electron chi connectivity index (χ2n) is 5.88. The number of aliphatic imine (C=N–C) groups is 1. The molecule has 3 heteroatoms. The van der Waals surface area contributed by atoms with Gasteiger partial charge >= 0.3 is 0 Å². The largest absolute Gasteiger partial charge is 0.370 e. The first-order valence-electron chi connectivity index (χ1n) is 7.91. The average molecular weight is 251 g/mol. The van der Waals surface area contributed by atoms with E-state index in [9.17, 15) is 0 Å². The van der Waals surface area contributed by atoms with Gasteiger partial charge in [0.05, 0.1) is 6.04 Å². The minimum Gasteiger partial charge on any atom is -0.370 e. The van der Waals surface area contributed by atoms with Crippen LogP contribution in [0, 0.1) is 0 Å². The van der Waals surface area contributed by atoms with Gasteiger partial charge in [0.2, 0.25) is 0 Å². The summed E-state index contributed by atoms with van der Waals surface area (Å²) < 4.78 is 0. The van der Waals surface area contributed by atoms with E-state index < -0.39 is 0 Å². The second kappa shape index (κ2) is 7.01. The van der Waals surface area contributed by atoms with E-state index in [0.717, 1.165) is 12.5 Å². The number of rotatable bonds is 2. The lowest BCUT2D eigenvalue weighted by Gasteiger charge is -2.31. The van der Waals surface area contributed by atoms with Crippen LogP contribution >= 0.6 is 0 Å². The molecule has 1 atom stereocenters. The van der Waals surface area contributed by atoms with Gasteiger partial charge in [-0.1, -0.05) is 39.0 Å². The molecule has 2 aliphatic rings. The first kappa shape index (κ1) is 13.7. The molecule has 1 saturated carbocycles. The number of likely N-dealkylation sites (tertiary alicyclic amines) is 1. The molecule has 104 valence electrons. The maximum Gasteiger partial charge on any atom is 0.191 e. The van der Waals surface area contributed by atoms with E-state index in [4.69, 9.17) is 10.7 Å². The van der Waals surface area contributed by atoms with Crippen molar-refractivity contribution in [3.05, 3.63) is 0 Å². The Labute approximate surface area is 112 Å². The normalized spacial score (nSPS) is 28.2. The van der Waals surface area contributed by atoms with Crippen LogP contribution in [0.5, 0.6) is 0 Å². The summed E-state index contributed by atoms with van der Waals surface area (Å²) in [5.41, 5.74) is 6.29. The molecule has 0 bridgehead atoms. The van der Waals surface area contributed by atoms with Crippen LogP contribution in [0.15, 0.2) is 4.99 Å². The molecule has 0 aromatic carbocycles. The molecule has 0 amide bonds. The number of hydrogen-bond donors (Lipinski definition) is 1. The molecule has 0 aromatic rings. The smallest absolute Gasteiger partial charge is 0.191 e. The van der Waals surface area contributed by atoms with Gasteiger partial charge in [-0.3, -0.25) is 0 Å². The number of nitrogens with zero attached hydrogens (tertiary/aromatic N) is 2. The molecule has 1 aliphatic heterocycles. The standard InChI is InChI=1S/C15H29N3/c1-2-14-11-7-4-8-12-18(14)15(16)17-13-9-5-3-6-10-13/h13-14H,2-12H2,1H3,(H2,16,17). The highest BCUT2D eigenvalue weighted by Crippen LogP contribution is 2.22. The van der Waals surface area contributed by atoms with Crippen molar-refractivity contribution < 1.29 is 0 Å². The molecule has 1 aliphatic carbocycles. The maximum atomic E-state index is 6.29. The molecule has 1 heterocycles. The van der Waals surface area contributed by atoms with Crippen LogP contribution in [0.2, 0.25) is 0 Å². The van der Waals surface area contributed by atoms with Crippen molar-refractivity contribution in [2.45, 2.75) is 83.2 Å². The second-order valence-corrected chi connectivity index (χ2v) is 5.88. The molecular weight excluding hydrogens is 222 g/mol. The first-order valence-corrected chi connectivity index (χ1v) is 7.91. The van der Waals surface area contributed by atoms with Crippen molar-refractivity contribution in [3.8, 4) is 0 Å². The molecule has 0 aromatic heterocycles. The van der Waals surface area contributed by atoms with Gasteiger partial charge in [-0.15, -0.1) is 0 Å². The first-order chi connectivity index (χ1) is 8.81. The van der Waals surface area contributed by atoms with E-state index in [0.29, 0.717) is 12.1 Å². The van der Waals surface area contributed by atoms with E-state index in [1.807, 2.05) is 0 Å². The number of hydrogen-bond acceptors (Lipinski definition) is 1. The Morgan fingerprint density at radius 3 is 2.44 bits per heavy atom. The maximum absolute atomic E-state index is 6.29. The predicted octanol–water partition coefficient (Wildman–Crippen LogP) is 3.29.